The first kappa shape index (κ1) is 13.5. The molecule has 5 heteroatoms. The second-order valence-electron chi connectivity index (χ2n) is 4.95. The normalized spacial score (nSPS) is 14.2. The van der Waals surface area contributed by atoms with Crippen LogP contribution in [0, 0.1) is 0 Å². The van der Waals surface area contributed by atoms with E-state index in [1.54, 1.807) is 18.4 Å². The van der Waals surface area contributed by atoms with E-state index in [1.165, 1.54) is 12.8 Å². The lowest BCUT2D eigenvalue weighted by atomic mass is 10.1. The number of thiazole rings is 1. The molecule has 1 aliphatic rings. The van der Waals surface area contributed by atoms with E-state index in [9.17, 15) is 0 Å². The van der Waals surface area contributed by atoms with Crippen LogP contribution in [-0.4, -0.2) is 17.1 Å². The van der Waals surface area contributed by atoms with E-state index < -0.39 is 0 Å². The van der Waals surface area contributed by atoms with Crippen LogP contribution in [-0.2, 0) is 6.42 Å². The van der Waals surface area contributed by atoms with Gasteiger partial charge in [0.2, 0.25) is 0 Å². The lowest BCUT2D eigenvalue weighted by molar-refractivity contribution is 0.410. The summed E-state index contributed by atoms with van der Waals surface area (Å²) in [5.74, 6) is 1.46. The molecule has 0 saturated heterocycles. The molecule has 1 saturated carbocycles. The van der Waals surface area contributed by atoms with Gasteiger partial charge in [-0.05, 0) is 18.9 Å². The molecule has 0 aliphatic heterocycles. The monoisotopic (exact) mass is 304 g/mol. The minimum absolute atomic E-state index is 0.468. The minimum atomic E-state index is 0.468. The fraction of sp³-hybridized carbons (Fsp3) is 0.333. The van der Waals surface area contributed by atoms with Gasteiger partial charge in [-0.2, -0.15) is 0 Å². The molecule has 1 aliphatic carbocycles. The Kier molecular flexibility index (Phi) is 3.72. The van der Waals surface area contributed by atoms with E-state index in [-0.39, 0.29) is 0 Å². The number of nitrogens with two attached hydrogens (primary N) is 1. The minimum Gasteiger partial charge on any atom is -0.496 e. The Hall–Kier alpha value is -1.46. The Morgan fingerprint density at radius 1 is 1.45 bits per heavy atom. The molecule has 1 heterocycles. The zero-order valence-electron chi connectivity index (χ0n) is 11.3. The molecule has 0 amide bonds. The number of hydrogen-bond acceptors (Lipinski definition) is 4. The van der Waals surface area contributed by atoms with Crippen molar-refractivity contribution in [1.29, 1.82) is 0 Å². The Bertz CT molecular complexity index is 647. The molecule has 0 radical (unpaired) electrons. The van der Waals surface area contributed by atoms with Crippen molar-refractivity contribution in [2.24, 2.45) is 5.73 Å². The quantitative estimate of drug-likeness (QED) is 0.861. The first-order valence-electron chi connectivity index (χ1n) is 6.60. The molecule has 0 bridgehead atoms. The van der Waals surface area contributed by atoms with Crippen molar-refractivity contribution in [3.05, 3.63) is 45.4 Å². The molecule has 104 valence electrons. The molecule has 0 unspecified atom stereocenters. The van der Waals surface area contributed by atoms with Crippen molar-refractivity contribution in [2.75, 3.05) is 7.11 Å². The van der Waals surface area contributed by atoms with Gasteiger partial charge in [0.25, 0.3) is 0 Å². The van der Waals surface area contributed by atoms with Crippen LogP contribution in [0.1, 0.15) is 39.9 Å². The topological polar surface area (TPSA) is 48.1 Å². The number of ether oxygens (including phenoxy) is 1. The van der Waals surface area contributed by atoms with Crippen molar-refractivity contribution in [3.63, 3.8) is 0 Å². The molecule has 2 aromatic rings. The fourth-order valence-corrected chi connectivity index (χ4v) is 3.53. The summed E-state index contributed by atoms with van der Waals surface area (Å²) in [6.45, 7) is 0. The van der Waals surface area contributed by atoms with E-state index in [2.05, 4.69) is 6.07 Å². The zero-order chi connectivity index (χ0) is 14.1. The molecule has 0 spiro atoms. The second-order valence-corrected chi connectivity index (χ2v) is 6.47. The summed E-state index contributed by atoms with van der Waals surface area (Å²) in [5, 5.41) is 1.05. The molecule has 20 heavy (non-hydrogen) atoms. The van der Waals surface area contributed by atoms with Crippen LogP contribution in [0.3, 0.4) is 0 Å². The third-order valence-electron chi connectivity index (χ3n) is 3.42. The standard InChI is InChI=1S/C15H16N2OS2/c1-18-11-5-3-2-4-10(11)8-12-17-13(9-6-7-9)14(20-12)15(16)19/h2-5,9H,6-8H2,1H3,(H2,16,19). The van der Waals surface area contributed by atoms with Gasteiger partial charge >= 0.3 is 0 Å². The second kappa shape index (κ2) is 5.50. The Morgan fingerprint density at radius 2 is 2.20 bits per heavy atom. The molecule has 0 atom stereocenters. The van der Waals surface area contributed by atoms with Gasteiger partial charge in [-0.15, -0.1) is 11.3 Å². The number of nitrogens with zero attached hydrogens (tertiary/aromatic N) is 1. The third kappa shape index (κ3) is 2.69. The van der Waals surface area contributed by atoms with Crippen LogP contribution in [0.2, 0.25) is 0 Å². The van der Waals surface area contributed by atoms with Crippen LogP contribution in [0.4, 0.5) is 0 Å². The number of para-hydroxylation sites is 1. The Morgan fingerprint density at radius 3 is 2.85 bits per heavy atom. The summed E-state index contributed by atoms with van der Waals surface area (Å²) in [5.41, 5.74) is 8.06. The molecule has 2 N–H and O–H groups in total. The average Bonchev–Trinajstić information content (AvgIpc) is 3.20. The number of hydrogen-bond donors (Lipinski definition) is 1. The number of aromatic nitrogens is 1. The molecular formula is C15H16N2OS2. The van der Waals surface area contributed by atoms with Gasteiger partial charge < -0.3 is 10.5 Å². The van der Waals surface area contributed by atoms with Crippen LogP contribution in [0.5, 0.6) is 5.75 Å². The molecule has 1 aromatic carbocycles. The predicted octanol–water partition coefficient (Wildman–Crippen LogP) is 3.25. The van der Waals surface area contributed by atoms with E-state index in [0.29, 0.717) is 10.9 Å². The van der Waals surface area contributed by atoms with Gasteiger partial charge in [0.05, 0.1) is 22.7 Å². The van der Waals surface area contributed by atoms with Crippen molar-refractivity contribution in [1.82, 2.24) is 4.98 Å². The van der Waals surface area contributed by atoms with Gasteiger partial charge in [0.15, 0.2) is 0 Å². The number of methoxy groups -OCH3 is 1. The van der Waals surface area contributed by atoms with E-state index in [0.717, 1.165) is 33.3 Å². The number of rotatable bonds is 5. The van der Waals surface area contributed by atoms with Crippen LogP contribution in [0.15, 0.2) is 24.3 Å². The predicted molar refractivity (Wildman–Crippen MR) is 85.8 cm³/mol. The van der Waals surface area contributed by atoms with Gasteiger partial charge in [-0.25, -0.2) is 4.98 Å². The van der Waals surface area contributed by atoms with Crippen LogP contribution < -0.4 is 10.5 Å². The number of thiocarbonyl (C=S) groups is 1. The van der Waals surface area contributed by atoms with Gasteiger partial charge in [0, 0.05) is 17.9 Å². The number of benzene rings is 1. The van der Waals surface area contributed by atoms with Crippen molar-refractivity contribution in [2.45, 2.75) is 25.2 Å². The van der Waals surface area contributed by atoms with E-state index >= 15 is 0 Å². The van der Waals surface area contributed by atoms with E-state index in [4.69, 9.17) is 27.7 Å². The average molecular weight is 304 g/mol. The summed E-state index contributed by atoms with van der Waals surface area (Å²) in [7, 11) is 1.69. The van der Waals surface area contributed by atoms with Crippen LogP contribution in [0.25, 0.3) is 0 Å². The van der Waals surface area contributed by atoms with E-state index in [1.807, 2.05) is 18.2 Å². The molecule has 1 aromatic heterocycles. The maximum Gasteiger partial charge on any atom is 0.122 e. The largest absolute Gasteiger partial charge is 0.496 e. The Labute approximate surface area is 127 Å². The lowest BCUT2D eigenvalue weighted by Crippen LogP contribution is -2.09. The molecule has 1 fully saturated rings. The van der Waals surface area contributed by atoms with Gasteiger partial charge in [-0.1, -0.05) is 30.4 Å². The summed E-state index contributed by atoms with van der Waals surface area (Å²) in [4.78, 5) is 6.22. The first-order chi connectivity index (χ1) is 9.69. The Balaban J connectivity index is 1.91. The van der Waals surface area contributed by atoms with Crippen LogP contribution >= 0.6 is 23.6 Å². The summed E-state index contributed by atoms with van der Waals surface area (Å²) in [6.07, 6.45) is 3.16. The SMILES string of the molecule is COc1ccccc1Cc1nc(C2CC2)c(C(N)=S)s1. The highest BCUT2D eigenvalue weighted by Gasteiger charge is 2.30. The van der Waals surface area contributed by atoms with Gasteiger partial charge in [0.1, 0.15) is 10.7 Å². The zero-order valence-corrected chi connectivity index (χ0v) is 12.9. The molecule has 3 nitrogen and oxygen atoms in total. The van der Waals surface area contributed by atoms with Gasteiger partial charge in [-0.3, -0.25) is 0 Å². The highest BCUT2D eigenvalue weighted by atomic mass is 32.1. The summed E-state index contributed by atoms with van der Waals surface area (Å²) < 4.78 is 5.39. The maximum absolute atomic E-state index is 5.82. The molecular weight excluding hydrogens is 288 g/mol. The van der Waals surface area contributed by atoms with Crippen molar-refractivity contribution < 1.29 is 4.74 Å². The fourth-order valence-electron chi connectivity index (χ4n) is 2.28. The first-order valence-corrected chi connectivity index (χ1v) is 7.83. The highest BCUT2D eigenvalue weighted by Crippen LogP contribution is 2.43. The summed E-state index contributed by atoms with van der Waals surface area (Å²) in [6, 6.07) is 8.03. The lowest BCUT2D eigenvalue weighted by Gasteiger charge is -2.05. The third-order valence-corrected chi connectivity index (χ3v) is 4.86. The summed E-state index contributed by atoms with van der Waals surface area (Å²) >= 11 is 6.76. The van der Waals surface area contributed by atoms with Crippen molar-refractivity contribution in [3.8, 4) is 5.75 Å². The van der Waals surface area contributed by atoms with Crippen molar-refractivity contribution >= 4 is 28.5 Å². The molecule has 3 rings (SSSR count). The smallest absolute Gasteiger partial charge is 0.122 e. The maximum atomic E-state index is 5.82. The highest BCUT2D eigenvalue weighted by molar-refractivity contribution is 7.81.